The number of alkyl halides is 3. The number of halogens is 4. The number of nitrogens with zero attached hydrogens (tertiary/aromatic N) is 5. The first kappa shape index (κ1) is 23.9. The molecule has 1 fully saturated rings. The predicted octanol–water partition coefficient (Wildman–Crippen LogP) is 4.97. The highest BCUT2D eigenvalue weighted by Gasteiger charge is 2.33. The van der Waals surface area contributed by atoms with Gasteiger partial charge in [-0.15, -0.1) is 0 Å². The lowest BCUT2D eigenvalue weighted by Crippen LogP contribution is -2.46. The summed E-state index contributed by atoms with van der Waals surface area (Å²) < 4.78 is 41.9. The largest absolute Gasteiger partial charge is 0.416 e. The van der Waals surface area contributed by atoms with E-state index in [4.69, 9.17) is 11.6 Å². The Morgan fingerprint density at radius 1 is 1.11 bits per heavy atom. The number of aliphatic imine (C=N–C) groups is 1. The molecule has 0 N–H and O–H groups in total. The van der Waals surface area contributed by atoms with Crippen LogP contribution in [-0.2, 0) is 17.5 Å². The number of likely N-dealkylation sites (N-methyl/N-ethyl adjacent to an activating group) is 1. The van der Waals surface area contributed by atoms with Crippen LogP contribution in [0.5, 0.6) is 0 Å². The zero-order valence-corrected chi connectivity index (χ0v) is 20.3. The molecular weight excluding hydrogens is 499 g/mol. The Balaban J connectivity index is 1.36. The number of hydrogen-bond acceptors (Lipinski definition) is 5. The first-order valence-corrected chi connectivity index (χ1v) is 12.1. The van der Waals surface area contributed by atoms with Crippen LogP contribution in [0.3, 0.4) is 0 Å². The van der Waals surface area contributed by atoms with Gasteiger partial charge in [-0.2, -0.15) is 23.3 Å². The summed E-state index contributed by atoms with van der Waals surface area (Å²) in [6.45, 7) is 3.46. The molecule has 2 aliphatic heterocycles. The van der Waals surface area contributed by atoms with Gasteiger partial charge in [-0.05, 0) is 60.3 Å². The van der Waals surface area contributed by atoms with Crippen LogP contribution in [-0.4, -0.2) is 63.9 Å². The molecule has 0 unspecified atom stereocenters. The van der Waals surface area contributed by atoms with E-state index >= 15 is 0 Å². The van der Waals surface area contributed by atoms with Crippen molar-refractivity contribution in [3.05, 3.63) is 69.2 Å². The molecule has 2 aromatic carbocycles. The molecule has 0 radical (unpaired) electrons. The first-order chi connectivity index (χ1) is 16.7. The van der Waals surface area contributed by atoms with Gasteiger partial charge in [-0.3, -0.25) is 9.48 Å². The van der Waals surface area contributed by atoms with E-state index in [2.05, 4.69) is 26.9 Å². The van der Waals surface area contributed by atoms with Crippen LogP contribution in [0.4, 0.5) is 13.2 Å². The van der Waals surface area contributed by atoms with Crippen molar-refractivity contribution in [2.24, 2.45) is 4.99 Å². The minimum absolute atomic E-state index is 0.0307. The number of amidine groups is 1. The second-order valence-corrected chi connectivity index (χ2v) is 9.97. The van der Waals surface area contributed by atoms with E-state index in [0.29, 0.717) is 10.4 Å². The lowest BCUT2D eigenvalue weighted by atomic mass is 10.1. The van der Waals surface area contributed by atoms with Gasteiger partial charge in [-0.1, -0.05) is 23.7 Å². The molecule has 1 aromatic heterocycles. The van der Waals surface area contributed by atoms with E-state index in [9.17, 15) is 18.0 Å². The summed E-state index contributed by atoms with van der Waals surface area (Å²) in [4.78, 5) is 21.6. The van der Waals surface area contributed by atoms with Crippen molar-refractivity contribution in [1.29, 1.82) is 0 Å². The van der Waals surface area contributed by atoms with Crippen molar-refractivity contribution < 1.29 is 18.0 Å². The van der Waals surface area contributed by atoms with Crippen LogP contribution < -0.4 is 0 Å². The van der Waals surface area contributed by atoms with Crippen LogP contribution in [0.1, 0.15) is 16.7 Å². The third-order valence-electron chi connectivity index (χ3n) is 6.04. The number of thioether (sulfide) groups is 1. The summed E-state index contributed by atoms with van der Waals surface area (Å²) >= 11 is 7.16. The van der Waals surface area contributed by atoms with Crippen molar-refractivity contribution in [1.82, 2.24) is 19.6 Å². The molecule has 0 atom stereocenters. The molecule has 0 spiro atoms. The summed E-state index contributed by atoms with van der Waals surface area (Å²) in [7, 11) is 2.07. The Bertz CT molecular complexity index is 1360. The SMILES string of the molecule is CN1CCN(C2=NC(=O)/C(=C/c3ccc4c(cnn4Cc4ccc(Cl)cc4C(F)(F)F)c3)S2)CC1. The number of benzene rings is 2. The molecule has 2 aliphatic rings. The highest BCUT2D eigenvalue weighted by Crippen LogP contribution is 2.35. The van der Waals surface area contributed by atoms with Gasteiger partial charge in [0.15, 0.2) is 5.17 Å². The maximum Gasteiger partial charge on any atom is 0.416 e. The third kappa shape index (κ3) is 5.10. The summed E-state index contributed by atoms with van der Waals surface area (Å²) in [5.41, 5.74) is 0.794. The Kier molecular flexibility index (Phi) is 6.37. The Morgan fingerprint density at radius 2 is 1.89 bits per heavy atom. The van der Waals surface area contributed by atoms with Crippen LogP contribution in [0.15, 0.2) is 52.5 Å². The van der Waals surface area contributed by atoms with E-state index in [1.165, 1.54) is 28.6 Å². The van der Waals surface area contributed by atoms with E-state index in [0.717, 1.165) is 48.4 Å². The topological polar surface area (TPSA) is 53.7 Å². The standard InChI is InChI=1S/C24H21ClF3N5OS/c1-31-6-8-32(9-7-31)23-30-22(34)21(35-23)11-15-2-5-20-17(10-15)13-29-33(20)14-16-3-4-18(25)12-19(16)24(26,27)28/h2-5,10-13H,6-9,14H2,1H3/b21-11-. The summed E-state index contributed by atoms with van der Waals surface area (Å²) in [5.74, 6) is -0.262. The molecule has 3 aromatic rings. The monoisotopic (exact) mass is 519 g/mol. The highest BCUT2D eigenvalue weighted by atomic mass is 35.5. The number of aromatic nitrogens is 2. The Morgan fingerprint density at radius 3 is 2.63 bits per heavy atom. The number of fused-ring (bicyclic) bond motifs is 1. The fourth-order valence-corrected chi connectivity index (χ4v) is 5.25. The van der Waals surface area contributed by atoms with Crippen molar-refractivity contribution in [2.75, 3.05) is 33.2 Å². The first-order valence-electron chi connectivity index (χ1n) is 10.9. The molecule has 11 heteroatoms. The van der Waals surface area contributed by atoms with Gasteiger partial charge in [0.1, 0.15) is 0 Å². The second kappa shape index (κ2) is 9.33. The maximum atomic E-state index is 13.5. The smallest absolute Gasteiger partial charge is 0.348 e. The molecule has 1 amide bonds. The van der Waals surface area contributed by atoms with Gasteiger partial charge in [0.2, 0.25) is 0 Å². The molecule has 0 aliphatic carbocycles. The molecule has 5 rings (SSSR count). The van der Waals surface area contributed by atoms with Crippen molar-refractivity contribution in [2.45, 2.75) is 12.7 Å². The minimum atomic E-state index is -4.51. The normalized spacial score (nSPS) is 18.7. The molecule has 1 saturated heterocycles. The lowest BCUT2D eigenvalue weighted by molar-refractivity contribution is -0.138. The fourth-order valence-electron chi connectivity index (χ4n) is 4.12. The van der Waals surface area contributed by atoms with Crippen LogP contribution >= 0.6 is 23.4 Å². The number of amides is 1. The second-order valence-electron chi connectivity index (χ2n) is 8.52. The van der Waals surface area contributed by atoms with Gasteiger partial charge in [-0.25, -0.2) is 0 Å². The quantitative estimate of drug-likeness (QED) is 0.457. The average molecular weight is 520 g/mol. The zero-order chi connectivity index (χ0) is 24.7. The summed E-state index contributed by atoms with van der Waals surface area (Å²) in [6, 6.07) is 9.23. The van der Waals surface area contributed by atoms with Gasteiger partial charge in [0.25, 0.3) is 5.91 Å². The summed E-state index contributed by atoms with van der Waals surface area (Å²) in [6.07, 6.45) is -1.12. The lowest BCUT2D eigenvalue weighted by Gasteiger charge is -2.32. The van der Waals surface area contributed by atoms with Gasteiger partial charge in [0.05, 0.1) is 28.7 Å². The highest BCUT2D eigenvalue weighted by molar-refractivity contribution is 8.18. The third-order valence-corrected chi connectivity index (χ3v) is 7.32. The zero-order valence-electron chi connectivity index (χ0n) is 18.7. The molecule has 182 valence electrons. The number of rotatable bonds is 3. The predicted molar refractivity (Wildman–Crippen MR) is 132 cm³/mol. The van der Waals surface area contributed by atoms with Crippen LogP contribution in [0.25, 0.3) is 17.0 Å². The van der Waals surface area contributed by atoms with E-state index in [1.54, 1.807) is 18.3 Å². The molecule has 0 saturated carbocycles. The van der Waals surface area contributed by atoms with Crippen LogP contribution in [0, 0.1) is 0 Å². The minimum Gasteiger partial charge on any atom is -0.348 e. The molecular formula is C24H21ClF3N5OS. The van der Waals surface area contributed by atoms with E-state index < -0.39 is 11.7 Å². The molecule has 35 heavy (non-hydrogen) atoms. The van der Waals surface area contributed by atoms with Gasteiger partial charge in [0, 0.05) is 36.6 Å². The molecule has 3 heterocycles. The number of piperazine rings is 1. The van der Waals surface area contributed by atoms with E-state index in [-0.39, 0.29) is 23.0 Å². The van der Waals surface area contributed by atoms with Gasteiger partial charge < -0.3 is 9.80 Å². The van der Waals surface area contributed by atoms with Crippen molar-refractivity contribution in [3.63, 3.8) is 0 Å². The Labute approximate surface area is 209 Å². The average Bonchev–Trinajstić information content (AvgIpc) is 3.38. The number of hydrogen-bond donors (Lipinski definition) is 0. The van der Waals surface area contributed by atoms with Crippen LogP contribution in [0.2, 0.25) is 5.02 Å². The van der Waals surface area contributed by atoms with Crippen molar-refractivity contribution >= 4 is 51.4 Å². The Hall–Kier alpha value is -2.82. The van der Waals surface area contributed by atoms with E-state index in [1.807, 2.05) is 12.1 Å². The molecule has 6 nitrogen and oxygen atoms in total. The number of carbonyl (C=O) groups is 1. The summed E-state index contributed by atoms with van der Waals surface area (Å²) in [5, 5.41) is 5.81. The van der Waals surface area contributed by atoms with Gasteiger partial charge >= 0.3 is 6.18 Å². The van der Waals surface area contributed by atoms with Crippen molar-refractivity contribution in [3.8, 4) is 0 Å². The fraction of sp³-hybridized carbons (Fsp3) is 0.292. The number of carbonyl (C=O) groups excluding carboxylic acids is 1. The maximum absolute atomic E-state index is 13.5. The molecule has 0 bridgehead atoms.